The van der Waals surface area contributed by atoms with Crippen molar-refractivity contribution in [3.8, 4) is 0 Å². The van der Waals surface area contributed by atoms with E-state index in [1.54, 1.807) is 17.8 Å². The number of ether oxygens (including phenoxy) is 1. The normalized spacial score (nSPS) is 11.6. The molecule has 0 spiro atoms. The van der Waals surface area contributed by atoms with E-state index in [-0.39, 0.29) is 6.54 Å². The van der Waals surface area contributed by atoms with Crippen LogP contribution in [0.4, 0.5) is 4.79 Å². The summed E-state index contributed by atoms with van der Waals surface area (Å²) in [6.07, 6.45) is 3.73. The summed E-state index contributed by atoms with van der Waals surface area (Å²) in [4.78, 5) is 36.7. The number of esters is 1. The lowest BCUT2D eigenvalue weighted by atomic mass is 10.2. The highest BCUT2D eigenvalue weighted by Gasteiger charge is 2.18. The fourth-order valence-corrected chi connectivity index (χ4v) is 2.59. The molecule has 2 aromatic rings. The topological polar surface area (TPSA) is 84.5 Å². The molecule has 0 aromatic heterocycles. The van der Waals surface area contributed by atoms with Gasteiger partial charge in [0.2, 0.25) is 0 Å². The highest BCUT2D eigenvalue weighted by atomic mass is 32.2. The van der Waals surface area contributed by atoms with Gasteiger partial charge in [0.05, 0.1) is 0 Å². The molecule has 1 atom stereocenters. The standard InChI is InChI=1S/C21H22N2O4S/c1-15(20(25)23-21(26)22-14-17-6-4-3-5-7-17)27-19(24)13-10-16-8-11-18(28-2)12-9-16/h3-13,15H,14H2,1-2H3,(H2,22,23,25,26)/b13-10+/t15-/m0/s1. The van der Waals surface area contributed by atoms with E-state index in [0.29, 0.717) is 0 Å². The van der Waals surface area contributed by atoms with Gasteiger partial charge in [-0.25, -0.2) is 9.59 Å². The van der Waals surface area contributed by atoms with E-state index in [4.69, 9.17) is 4.74 Å². The Hall–Kier alpha value is -3.06. The largest absolute Gasteiger partial charge is 0.449 e. The molecular weight excluding hydrogens is 376 g/mol. The lowest BCUT2D eigenvalue weighted by Gasteiger charge is -2.12. The first kappa shape index (κ1) is 21.2. The van der Waals surface area contributed by atoms with Crippen LogP contribution in [0.3, 0.4) is 0 Å². The van der Waals surface area contributed by atoms with Gasteiger partial charge >= 0.3 is 12.0 Å². The minimum Gasteiger partial charge on any atom is -0.449 e. The summed E-state index contributed by atoms with van der Waals surface area (Å²) in [5, 5.41) is 4.72. The SMILES string of the molecule is CSc1ccc(/C=C/C(=O)O[C@@H](C)C(=O)NC(=O)NCc2ccccc2)cc1. The Balaban J connectivity index is 1.76. The number of thioether (sulfide) groups is 1. The average molecular weight is 398 g/mol. The summed E-state index contributed by atoms with van der Waals surface area (Å²) in [6.45, 7) is 1.69. The molecule has 28 heavy (non-hydrogen) atoms. The van der Waals surface area contributed by atoms with E-state index in [9.17, 15) is 14.4 Å². The number of carbonyl (C=O) groups is 3. The number of benzene rings is 2. The fraction of sp³-hybridized carbons (Fsp3) is 0.190. The van der Waals surface area contributed by atoms with Gasteiger partial charge in [0.15, 0.2) is 6.10 Å². The summed E-state index contributed by atoms with van der Waals surface area (Å²) < 4.78 is 5.02. The minimum absolute atomic E-state index is 0.284. The Kier molecular flexibility index (Phi) is 8.30. The number of rotatable bonds is 7. The van der Waals surface area contributed by atoms with Crippen molar-refractivity contribution in [2.45, 2.75) is 24.5 Å². The van der Waals surface area contributed by atoms with Gasteiger partial charge in [-0.3, -0.25) is 10.1 Å². The van der Waals surface area contributed by atoms with Crippen LogP contribution in [-0.2, 0) is 20.9 Å². The summed E-state index contributed by atoms with van der Waals surface area (Å²) in [5.74, 6) is -1.36. The summed E-state index contributed by atoms with van der Waals surface area (Å²) in [6, 6.07) is 16.3. The van der Waals surface area contributed by atoms with Crippen molar-refractivity contribution in [2.75, 3.05) is 6.26 Å². The van der Waals surface area contributed by atoms with Crippen molar-refractivity contribution in [3.05, 3.63) is 71.8 Å². The number of amides is 3. The number of hydrogen-bond donors (Lipinski definition) is 2. The first-order valence-corrected chi connectivity index (χ1v) is 9.86. The van der Waals surface area contributed by atoms with E-state index in [0.717, 1.165) is 16.0 Å². The molecule has 0 unspecified atom stereocenters. The number of imide groups is 1. The van der Waals surface area contributed by atoms with E-state index < -0.39 is 24.0 Å². The molecule has 0 aliphatic carbocycles. The van der Waals surface area contributed by atoms with Crippen LogP contribution in [0, 0.1) is 0 Å². The monoisotopic (exact) mass is 398 g/mol. The first-order valence-electron chi connectivity index (χ1n) is 8.63. The third-order valence-corrected chi connectivity index (χ3v) is 4.47. The molecule has 0 heterocycles. The van der Waals surface area contributed by atoms with E-state index in [1.807, 2.05) is 60.9 Å². The molecule has 0 saturated carbocycles. The molecule has 2 N–H and O–H groups in total. The Morgan fingerprint density at radius 3 is 2.39 bits per heavy atom. The van der Waals surface area contributed by atoms with Crippen LogP contribution in [0.15, 0.2) is 65.6 Å². The van der Waals surface area contributed by atoms with Crippen LogP contribution in [0.25, 0.3) is 6.08 Å². The van der Waals surface area contributed by atoms with Gasteiger partial charge in [-0.2, -0.15) is 0 Å². The molecule has 0 saturated heterocycles. The second-order valence-corrected chi connectivity index (χ2v) is 6.72. The van der Waals surface area contributed by atoms with Crippen LogP contribution in [0.2, 0.25) is 0 Å². The van der Waals surface area contributed by atoms with E-state index >= 15 is 0 Å². The van der Waals surface area contributed by atoms with Gasteiger partial charge in [-0.1, -0.05) is 42.5 Å². The molecule has 2 rings (SSSR count). The van der Waals surface area contributed by atoms with Crippen LogP contribution in [0.5, 0.6) is 0 Å². The molecule has 7 heteroatoms. The third kappa shape index (κ3) is 7.28. The van der Waals surface area contributed by atoms with Crippen molar-refractivity contribution in [3.63, 3.8) is 0 Å². The van der Waals surface area contributed by atoms with Crippen molar-refractivity contribution >= 4 is 35.7 Å². The molecule has 0 aliphatic rings. The average Bonchev–Trinajstić information content (AvgIpc) is 2.71. The van der Waals surface area contributed by atoms with E-state index in [1.165, 1.54) is 13.0 Å². The van der Waals surface area contributed by atoms with Crippen LogP contribution >= 0.6 is 11.8 Å². The van der Waals surface area contributed by atoms with Crippen LogP contribution in [0.1, 0.15) is 18.1 Å². The smallest absolute Gasteiger partial charge is 0.331 e. The molecule has 3 amide bonds. The fourth-order valence-electron chi connectivity index (χ4n) is 2.18. The molecular formula is C21H22N2O4S. The highest BCUT2D eigenvalue weighted by Crippen LogP contribution is 2.15. The van der Waals surface area contributed by atoms with Crippen LogP contribution in [-0.4, -0.2) is 30.3 Å². The van der Waals surface area contributed by atoms with Gasteiger partial charge in [0, 0.05) is 17.5 Å². The van der Waals surface area contributed by atoms with Gasteiger partial charge < -0.3 is 10.1 Å². The predicted molar refractivity (Wildman–Crippen MR) is 110 cm³/mol. The maximum atomic E-state index is 12.0. The number of carbonyl (C=O) groups excluding carboxylic acids is 3. The Bertz CT molecular complexity index is 835. The zero-order valence-corrected chi connectivity index (χ0v) is 16.5. The molecule has 2 aromatic carbocycles. The number of urea groups is 1. The molecule has 0 bridgehead atoms. The zero-order valence-electron chi connectivity index (χ0n) is 15.7. The lowest BCUT2D eigenvalue weighted by molar-refractivity contribution is -0.149. The Morgan fingerprint density at radius 2 is 1.75 bits per heavy atom. The Morgan fingerprint density at radius 1 is 1.07 bits per heavy atom. The molecule has 6 nitrogen and oxygen atoms in total. The van der Waals surface area contributed by atoms with Crippen molar-refractivity contribution in [1.29, 1.82) is 0 Å². The molecule has 0 fully saturated rings. The van der Waals surface area contributed by atoms with Gasteiger partial charge in [-0.05, 0) is 42.5 Å². The molecule has 0 aliphatic heterocycles. The van der Waals surface area contributed by atoms with Crippen molar-refractivity contribution in [1.82, 2.24) is 10.6 Å². The quantitative estimate of drug-likeness (QED) is 0.424. The maximum absolute atomic E-state index is 12.0. The van der Waals surface area contributed by atoms with Gasteiger partial charge in [0.25, 0.3) is 5.91 Å². The van der Waals surface area contributed by atoms with Gasteiger partial charge in [0.1, 0.15) is 0 Å². The maximum Gasteiger partial charge on any atom is 0.331 e. The van der Waals surface area contributed by atoms with Gasteiger partial charge in [-0.15, -0.1) is 11.8 Å². The van der Waals surface area contributed by atoms with Crippen LogP contribution < -0.4 is 10.6 Å². The lowest BCUT2D eigenvalue weighted by Crippen LogP contribution is -2.44. The summed E-state index contributed by atoms with van der Waals surface area (Å²) >= 11 is 1.63. The Labute approximate surface area is 168 Å². The van der Waals surface area contributed by atoms with Crippen molar-refractivity contribution < 1.29 is 19.1 Å². The second kappa shape index (κ2) is 10.9. The van der Waals surface area contributed by atoms with Crippen molar-refractivity contribution in [2.24, 2.45) is 0 Å². The van der Waals surface area contributed by atoms with E-state index in [2.05, 4.69) is 10.6 Å². The first-order chi connectivity index (χ1) is 13.5. The molecule has 146 valence electrons. The summed E-state index contributed by atoms with van der Waals surface area (Å²) in [7, 11) is 0. The highest BCUT2D eigenvalue weighted by molar-refractivity contribution is 7.98. The summed E-state index contributed by atoms with van der Waals surface area (Å²) in [5.41, 5.74) is 1.74. The minimum atomic E-state index is -1.10. The number of nitrogens with one attached hydrogen (secondary N) is 2. The third-order valence-electron chi connectivity index (χ3n) is 3.72. The predicted octanol–water partition coefficient (Wildman–Crippen LogP) is 3.38. The number of hydrogen-bond acceptors (Lipinski definition) is 5. The zero-order chi connectivity index (χ0) is 20.4. The second-order valence-electron chi connectivity index (χ2n) is 5.84. The molecule has 0 radical (unpaired) electrons.